The number of aldehydes is 1. The molecule has 0 saturated carbocycles. The summed E-state index contributed by atoms with van der Waals surface area (Å²) >= 11 is 11.5. The third-order valence-electron chi connectivity index (χ3n) is 5.85. The maximum absolute atomic E-state index is 11.5. The number of hydrogen-bond acceptors (Lipinski definition) is 21. The normalized spacial score (nSPS) is 9.79. The lowest BCUT2D eigenvalue weighted by molar-refractivity contribution is 0.0516. The highest BCUT2D eigenvalue weighted by Gasteiger charge is 2.15. The van der Waals surface area contributed by atoms with E-state index < -0.39 is 11.9 Å². The first kappa shape index (κ1) is 47.0. The first-order valence-electron chi connectivity index (χ1n) is 15.3. The lowest BCUT2D eigenvalue weighted by Gasteiger charge is -2.07. The minimum absolute atomic E-state index is 0.0369. The van der Waals surface area contributed by atoms with Crippen LogP contribution in [0.5, 0.6) is 0 Å². The number of rotatable bonds is 13. The first-order chi connectivity index (χ1) is 25.5. The van der Waals surface area contributed by atoms with Crippen LogP contribution in [0.15, 0.2) is 45.4 Å². The molecule has 0 bridgehead atoms. The van der Waals surface area contributed by atoms with Gasteiger partial charge in [-0.15, -0.1) is 0 Å². The Kier molecular flexibility index (Phi) is 23.7. The molecule has 4 N–H and O–H groups in total. The van der Waals surface area contributed by atoms with E-state index in [1.54, 1.807) is 41.2 Å². The van der Waals surface area contributed by atoms with Crippen molar-refractivity contribution >= 4 is 94.3 Å². The molecule has 4 aromatic heterocycles. The maximum atomic E-state index is 11.5. The van der Waals surface area contributed by atoms with E-state index in [0.29, 0.717) is 62.4 Å². The number of anilines is 3. The monoisotopic (exact) mass is 827 g/mol. The number of hydrogen-bond donors (Lipinski definition) is 4. The van der Waals surface area contributed by atoms with Crippen LogP contribution in [0.2, 0.25) is 5.15 Å². The van der Waals surface area contributed by atoms with E-state index in [2.05, 4.69) is 55.8 Å². The lowest BCUT2D eigenvalue weighted by atomic mass is 10.3. The van der Waals surface area contributed by atoms with Gasteiger partial charge in [-0.3, -0.25) is 4.79 Å². The molecule has 0 amide bonds. The van der Waals surface area contributed by atoms with Crippen LogP contribution in [0.1, 0.15) is 50.5 Å². The quantitative estimate of drug-likeness (QED) is 0.0444. The van der Waals surface area contributed by atoms with Crippen molar-refractivity contribution in [3.8, 4) is 0 Å². The first-order valence-corrected chi connectivity index (χ1v) is 20.5. The smallest absolute Gasteiger partial charge is 0.343 e. The molecule has 0 aliphatic carbocycles. The lowest BCUT2D eigenvalue weighted by Crippen LogP contribution is -2.10. The zero-order valence-electron chi connectivity index (χ0n) is 30.6. The highest BCUT2D eigenvalue weighted by Crippen LogP contribution is 2.19. The standard InChI is InChI=1S/C9H13N3O2S.C8H9ClN2O2S.C7H11N3OS.C7H9N3OS/c1-4-14-8(13)6-5-11-9(15-3)12-7(6)10-2;1-3-13-7(12)5-4-10-8(14-2)11-6(5)9;2*1-8-6-5(4-11)3-9-7(10-6)12-2/h5H,4H2,1-3H3,(H,10,11,12);4H,3H2,1-2H3;3,11H,4H2,1-2H3,(H,8,9,10);3-4H,1-2H3,(H,8,9,10). The number of nitrogens with one attached hydrogen (secondary N) is 3. The van der Waals surface area contributed by atoms with Crippen LogP contribution in [0, 0.1) is 0 Å². The van der Waals surface area contributed by atoms with E-state index in [0.717, 1.165) is 11.8 Å². The topological polar surface area (TPSA) is 229 Å². The molecule has 0 fully saturated rings. The highest BCUT2D eigenvalue weighted by molar-refractivity contribution is 7.99. The van der Waals surface area contributed by atoms with Crippen LogP contribution in [0.3, 0.4) is 0 Å². The van der Waals surface area contributed by atoms with Gasteiger partial charge in [0.1, 0.15) is 33.7 Å². The summed E-state index contributed by atoms with van der Waals surface area (Å²) in [5.74, 6) is 0.855. The molecule has 288 valence electrons. The van der Waals surface area contributed by atoms with Crippen LogP contribution >= 0.6 is 58.6 Å². The molecule has 0 radical (unpaired) electrons. The van der Waals surface area contributed by atoms with Crippen molar-refractivity contribution in [3.63, 3.8) is 0 Å². The van der Waals surface area contributed by atoms with Crippen LogP contribution < -0.4 is 16.0 Å². The Morgan fingerprint density at radius 2 is 1.09 bits per heavy atom. The van der Waals surface area contributed by atoms with Gasteiger partial charge in [0.15, 0.2) is 26.9 Å². The highest BCUT2D eigenvalue weighted by atomic mass is 35.5. The minimum atomic E-state index is -0.495. The Balaban J connectivity index is 0.000000355. The Morgan fingerprint density at radius 1 is 0.679 bits per heavy atom. The second-order valence-electron chi connectivity index (χ2n) is 9.04. The second kappa shape index (κ2) is 26.7. The van der Waals surface area contributed by atoms with Crippen molar-refractivity contribution in [3.05, 3.63) is 52.2 Å². The number of thioether (sulfide) groups is 4. The summed E-state index contributed by atoms with van der Waals surface area (Å²) in [5.41, 5.74) is 1.76. The Hall–Kier alpha value is -4.02. The van der Waals surface area contributed by atoms with E-state index in [4.69, 9.17) is 26.2 Å². The van der Waals surface area contributed by atoms with Crippen molar-refractivity contribution in [2.45, 2.75) is 41.1 Å². The average molecular weight is 828 g/mol. The van der Waals surface area contributed by atoms with Crippen molar-refractivity contribution in [2.75, 3.05) is 75.3 Å². The van der Waals surface area contributed by atoms with Crippen molar-refractivity contribution in [1.82, 2.24) is 39.9 Å². The van der Waals surface area contributed by atoms with Crippen LogP contribution in [-0.2, 0) is 16.1 Å². The molecule has 0 aliphatic rings. The van der Waals surface area contributed by atoms with E-state index >= 15 is 0 Å². The van der Waals surface area contributed by atoms with Gasteiger partial charge < -0.3 is 30.5 Å². The third-order valence-corrected chi connectivity index (χ3v) is 8.39. The summed E-state index contributed by atoms with van der Waals surface area (Å²) in [5, 5.41) is 20.1. The molecule has 0 unspecified atom stereocenters. The summed E-state index contributed by atoms with van der Waals surface area (Å²) in [4.78, 5) is 65.5. The summed E-state index contributed by atoms with van der Waals surface area (Å²) in [6.07, 6.45) is 14.2. The van der Waals surface area contributed by atoms with Gasteiger partial charge in [0.25, 0.3) is 0 Å². The molecule has 0 aliphatic heterocycles. The zero-order chi connectivity index (χ0) is 39.8. The third kappa shape index (κ3) is 15.9. The summed E-state index contributed by atoms with van der Waals surface area (Å²) in [7, 11) is 5.19. The number of esters is 2. The molecule has 0 saturated heterocycles. The van der Waals surface area contributed by atoms with Gasteiger partial charge in [0, 0.05) is 51.5 Å². The van der Waals surface area contributed by atoms with E-state index in [9.17, 15) is 14.4 Å². The van der Waals surface area contributed by atoms with Crippen LogP contribution in [0.25, 0.3) is 0 Å². The number of nitrogens with zero attached hydrogens (tertiary/aromatic N) is 8. The van der Waals surface area contributed by atoms with Gasteiger partial charge in [-0.25, -0.2) is 49.5 Å². The number of halogens is 1. The van der Waals surface area contributed by atoms with Crippen LogP contribution in [-0.4, -0.2) is 123 Å². The Bertz CT molecular complexity index is 1770. The van der Waals surface area contributed by atoms with Gasteiger partial charge in [-0.05, 0) is 38.9 Å². The molecule has 0 atom stereocenters. The molecule has 22 heteroatoms. The molecular weight excluding hydrogens is 786 g/mol. The number of carbonyl (C=O) groups excluding carboxylic acids is 3. The number of aliphatic hydroxyl groups excluding tert-OH is 1. The Morgan fingerprint density at radius 3 is 1.53 bits per heavy atom. The Labute approximate surface area is 330 Å². The summed E-state index contributed by atoms with van der Waals surface area (Å²) < 4.78 is 9.65. The molecule has 0 spiro atoms. The molecule has 17 nitrogen and oxygen atoms in total. The maximum Gasteiger partial charge on any atom is 0.343 e. The van der Waals surface area contributed by atoms with E-state index in [1.165, 1.54) is 65.6 Å². The number of aromatic nitrogens is 8. The zero-order valence-corrected chi connectivity index (χ0v) is 34.6. The predicted octanol–water partition coefficient (Wildman–Crippen LogP) is 5.23. The van der Waals surface area contributed by atoms with Gasteiger partial charge in [0.2, 0.25) is 0 Å². The van der Waals surface area contributed by atoms with E-state index in [-0.39, 0.29) is 17.3 Å². The largest absolute Gasteiger partial charge is 0.462 e. The molecule has 4 aromatic rings. The van der Waals surface area contributed by atoms with Crippen molar-refractivity contribution < 1.29 is 29.0 Å². The number of ether oxygens (including phenoxy) is 2. The molecule has 4 heterocycles. The van der Waals surface area contributed by atoms with Crippen molar-refractivity contribution in [1.29, 1.82) is 0 Å². The fraction of sp³-hybridized carbons (Fsp3) is 0.387. The number of aliphatic hydroxyl groups is 1. The summed E-state index contributed by atoms with van der Waals surface area (Å²) in [6, 6.07) is 0. The van der Waals surface area contributed by atoms with Gasteiger partial charge >= 0.3 is 11.9 Å². The summed E-state index contributed by atoms with van der Waals surface area (Å²) in [6.45, 7) is 4.09. The molecule has 4 rings (SSSR count). The number of carbonyl (C=O) groups is 3. The van der Waals surface area contributed by atoms with Crippen LogP contribution in [0.4, 0.5) is 17.5 Å². The second-order valence-corrected chi connectivity index (χ2v) is 12.5. The fourth-order valence-electron chi connectivity index (χ4n) is 3.38. The van der Waals surface area contributed by atoms with Crippen molar-refractivity contribution in [2.24, 2.45) is 0 Å². The fourth-order valence-corrected chi connectivity index (χ4v) is 5.00. The predicted molar refractivity (Wildman–Crippen MR) is 212 cm³/mol. The molecular formula is C31H42ClN11O6S4. The van der Waals surface area contributed by atoms with E-state index in [1.807, 2.05) is 25.0 Å². The SMILES string of the molecule is CCOC(=O)c1cnc(SC)nc1Cl.CCOC(=O)c1cnc(SC)nc1NC.CNc1nc(SC)ncc1C=O.CNc1nc(SC)ncc1CO. The van der Waals surface area contributed by atoms with Gasteiger partial charge in [-0.2, -0.15) is 0 Å². The van der Waals surface area contributed by atoms with Gasteiger partial charge in [-0.1, -0.05) is 58.6 Å². The minimum Gasteiger partial charge on any atom is -0.462 e. The average Bonchev–Trinajstić information content (AvgIpc) is 3.20. The molecule has 0 aromatic carbocycles. The van der Waals surface area contributed by atoms with Gasteiger partial charge in [0.05, 0.1) is 25.4 Å². The molecule has 53 heavy (non-hydrogen) atoms.